The van der Waals surface area contributed by atoms with Gasteiger partial charge in [-0.2, -0.15) is 5.10 Å². The van der Waals surface area contributed by atoms with Gasteiger partial charge in [0.05, 0.1) is 22.3 Å². The molecule has 1 heterocycles. The Balaban J connectivity index is 2.15. The standard InChI is InChI=1S/C15H17N3O4S/c1-17-9-12(8-16-17)18(2)23(21,22)14-7-11(15(19)20)6-10-4-3-5-13(10)14/h6-9H,3-5H2,1-2H3,(H,19,20). The fraction of sp³-hybridized carbons (Fsp3) is 0.333. The maximum atomic E-state index is 13.0. The van der Waals surface area contributed by atoms with Gasteiger partial charge in [0.1, 0.15) is 0 Å². The molecule has 1 aromatic heterocycles. The molecule has 1 aliphatic carbocycles. The van der Waals surface area contributed by atoms with Crippen molar-refractivity contribution in [2.24, 2.45) is 7.05 Å². The van der Waals surface area contributed by atoms with Gasteiger partial charge in [-0.15, -0.1) is 0 Å². The third-order valence-electron chi connectivity index (χ3n) is 4.11. The van der Waals surface area contributed by atoms with Crippen LogP contribution in [0, 0.1) is 0 Å². The van der Waals surface area contributed by atoms with Gasteiger partial charge in [-0.25, -0.2) is 13.2 Å². The fourth-order valence-electron chi connectivity index (χ4n) is 2.88. The first-order valence-electron chi connectivity index (χ1n) is 7.17. The van der Waals surface area contributed by atoms with Gasteiger partial charge in [-0.3, -0.25) is 8.99 Å². The number of nitrogens with zero attached hydrogens (tertiary/aromatic N) is 3. The van der Waals surface area contributed by atoms with Crippen molar-refractivity contribution in [3.05, 3.63) is 41.2 Å². The van der Waals surface area contributed by atoms with Crippen LogP contribution in [-0.4, -0.2) is 36.3 Å². The second-order valence-corrected chi connectivity index (χ2v) is 7.55. The molecule has 1 aliphatic rings. The highest BCUT2D eigenvalue weighted by atomic mass is 32.2. The molecular formula is C15H17N3O4S. The summed E-state index contributed by atoms with van der Waals surface area (Å²) in [4.78, 5) is 11.4. The maximum Gasteiger partial charge on any atom is 0.335 e. The van der Waals surface area contributed by atoms with E-state index in [9.17, 15) is 18.3 Å². The Morgan fingerprint density at radius 1 is 1.35 bits per heavy atom. The monoisotopic (exact) mass is 335 g/mol. The molecule has 2 aromatic rings. The zero-order valence-corrected chi connectivity index (χ0v) is 13.7. The first kappa shape index (κ1) is 15.5. The van der Waals surface area contributed by atoms with E-state index in [1.165, 1.54) is 24.0 Å². The van der Waals surface area contributed by atoms with Gasteiger partial charge in [-0.1, -0.05) is 0 Å². The van der Waals surface area contributed by atoms with Gasteiger partial charge in [0.15, 0.2) is 0 Å². The van der Waals surface area contributed by atoms with Gasteiger partial charge in [0.25, 0.3) is 10.0 Å². The molecule has 0 fully saturated rings. The Hall–Kier alpha value is -2.35. The number of carboxylic acids is 1. The Morgan fingerprint density at radius 3 is 2.70 bits per heavy atom. The van der Waals surface area contributed by atoms with Crippen molar-refractivity contribution in [1.29, 1.82) is 0 Å². The van der Waals surface area contributed by atoms with Crippen LogP contribution in [0.1, 0.15) is 27.9 Å². The molecule has 0 saturated carbocycles. The number of hydrogen-bond acceptors (Lipinski definition) is 4. The minimum Gasteiger partial charge on any atom is -0.478 e. The Labute approximate surface area is 134 Å². The third-order valence-corrected chi connectivity index (χ3v) is 5.97. The van der Waals surface area contributed by atoms with Crippen LogP contribution in [0.4, 0.5) is 5.69 Å². The lowest BCUT2D eigenvalue weighted by Crippen LogP contribution is -2.27. The first-order valence-corrected chi connectivity index (χ1v) is 8.61. The Bertz CT molecular complexity index is 886. The molecule has 1 N–H and O–H groups in total. The van der Waals surface area contributed by atoms with Crippen LogP contribution < -0.4 is 4.31 Å². The van der Waals surface area contributed by atoms with E-state index in [0.29, 0.717) is 18.5 Å². The average molecular weight is 335 g/mol. The van der Waals surface area contributed by atoms with E-state index in [4.69, 9.17) is 0 Å². The van der Waals surface area contributed by atoms with Crippen molar-refractivity contribution >= 4 is 21.7 Å². The summed E-state index contributed by atoms with van der Waals surface area (Å²) in [7, 11) is -0.697. The quantitative estimate of drug-likeness (QED) is 0.912. The number of carboxylic acid groups (broad SMARTS) is 1. The summed E-state index contributed by atoms with van der Waals surface area (Å²) >= 11 is 0. The Kier molecular flexibility index (Phi) is 3.63. The Morgan fingerprint density at radius 2 is 2.09 bits per heavy atom. The van der Waals surface area contributed by atoms with Crippen LogP contribution >= 0.6 is 0 Å². The highest BCUT2D eigenvalue weighted by molar-refractivity contribution is 7.92. The number of benzene rings is 1. The van der Waals surface area contributed by atoms with Gasteiger partial charge in [-0.05, 0) is 42.5 Å². The lowest BCUT2D eigenvalue weighted by molar-refractivity contribution is 0.0696. The number of aryl methyl sites for hydroxylation is 2. The molecule has 3 rings (SSSR count). The number of aromatic nitrogens is 2. The SMILES string of the molecule is CN(c1cnn(C)c1)S(=O)(=O)c1cc(C(=O)O)cc2c1CCC2. The summed E-state index contributed by atoms with van der Waals surface area (Å²) in [5, 5.41) is 13.2. The number of aromatic carboxylic acids is 1. The van der Waals surface area contributed by atoms with Crippen LogP contribution in [0.5, 0.6) is 0 Å². The van der Waals surface area contributed by atoms with Crippen molar-refractivity contribution in [1.82, 2.24) is 9.78 Å². The number of rotatable bonds is 4. The summed E-state index contributed by atoms with van der Waals surface area (Å²) in [6.45, 7) is 0. The molecule has 0 unspecified atom stereocenters. The summed E-state index contributed by atoms with van der Waals surface area (Å²) in [6, 6.07) is 2.84. The number of sulfonamides is 1. The lowest BCUT2D eigenvalue weighted by atomic mass is 10.1. The highest BCUT2D eigenvalue weighted by Crippen LogP contribution is 2.32. The topological polar surface area (TPSA) is 92.5 Å². The minimum absolute atomic E-state index is 0.00353. The second kappa shape index (κ2) is 5.38. The van der Waals surface area contributed by atoms with E-state index in [1.807, 2.05) is 0 Å². The van der Waals surface area contributed by atoms with Crippen molar-refractivity contribution < 1.29 is 18.3 Å². The fourth-order valence-corrected chi connectivity index (χ4v) is 4.36. The smallest absolute Gasteiger partial charge is 0.335 e. The molecule has 0 bridgehead atoms. The zero-order valence-electron chi connectivity index (χ0n) is 12.9. The molecule has 0 amide bonds. The normalized spacial score (nSPS) is 13.8. The molecular weight excluding hydrogens is 318 g/mol. The van der Waals surface area contributed by atoms with Crippen molar-refractivity contribution in [3.63, 3.8) is 0 Å². The van der Waals surface area contributed by atoms with Gasteiger partial charge in [0, 0.05) is 20.3 Å². The predicted octanol–water partition coefficient (Wildman–Crippen LogP) is 1.43. The highest BCUT2D eigenvalue weighted by Gasteiger charge is 2.29. The van der Waals surface area contributed by atoms with E-state index in [-0.39, 0.29) is 10.5 Å². The summed E-state index contributed by atoms with van der Waals surface area (Å²) in [6.07, 6.45) is 5.23. The molecule has 7 nitrogen and oxygen atoms in total. The molecule has 0 atom stereocenters. The molecule has 23 heavy (non-hydrogen) atoms. The summed E-state index contributed by atoms with van der Waals surface area (Å²) < 4.78 is 28.6. The van der Waals surface area contributed by atoms with Crippen molar-refractivity contribution in [2.75, 3.05) is 11.4 Å². The van der Waals surface area contributed by atoms with Crippen molar-refractivity contribution in [2.45, 2.75) is 24.2 Å². The van der Waals surface area contributed by atoms with E-state index in [1.54, 1.807) is 19.3 Å². The lowest BCUT2D eigenvalue weighted by Gasteiger charge is -2.20. The van der Waals surface area contributed by atoms with E-state index in [2.05, 4.69) is 5.10 Å². The predicted molar refractivity (Wildman–Crippen MR) is 84.2 cm³/mol. The third kappa shape index (κ3) is 2.59. The maximum absolute atomic E-state index is 13.0. The molecule has 0 radical (unpaired) electrons. The first-order chi connectivity index (χ1) is 10.8. The van der Waals surface area contributed by atoms with E-state index >= 15 is 0 Å². The van der Waals surface area contributed by atoms with Crippen LogP contribution in [0.3, 0.4) is 0 Å². The molecule has 0 aliphatic heterocycles. The number of anilines is 1. The summed E-state index contributed by atoms with van der Waals surface area (Å²) in [5.74, 6) is -1.12. The number of hydrogen-bond donors (Lipinski definition) is 1. The molecule has 0 saturated heterocycles. The largest absolute Gasteiger partial charge is 0.478 e. The second-order valence-electron chi connectivity index (χ2n) is 5.62. The molecule has 1 aromatic carbocycles. The van der Waals surface area contributed by atoms with Gasteiger partial charge >= 0.3 is 5.97 Å². The van der Waals surface area contributed by atoms with Crippen LogP contribution in [-0.2, 0) is 29.9 Å². The summed E-state index contributed by atoms with van der Waals surface area (Å²) in [5.41, 5.74) is 1.97. The number of fused-ring (bicyclic) bond motifs is 1. The molecule has 122 valence electrons. The minimum atomic E-state index is -3.84. The van der Waals surface area contributed by atoms with Crippen LogP contribution in [0.25, 0.3) is 0 Å². The van der Waals surface area contributed by atoms with Gasteiger partial charge < -0.3 is 5.11 Å². The number of carbonyl (C=O) groups is 1. The van der Waals surface area contributed by atoms with Crippen LogP contribution in [0.2, 0.25) is 0 Å². The zero-order chi connectivity index (χ0) is 16.8. The van der Waals surface area contributed by atoms with Crippen molar-refractivity contribution in [3.8, 4) is 0 Å². The van der Waals surface area contributed by atoms with E-state index < -0.39 is 16.0 Å². The molecule has 0 spiro atoms. The molecule has 8 heteroatoms. The van der Waals surface area contributed by atoms with Gasteiger partial charge in [0.2, 0.25) is 0 Å². The van der Waals surface area contributed by atoms with Crippen LogP contribution in [0.15, 0.2) is 29.4 Å². The average Bonchev–Trinajstić information content (AvgIpc) is 3.13. The van der Waals surface area contributed by atoms with E-state index in [0.717, 1.165) is 21.9 Å².